The predicted molar refractivity (Wildman–Crippen MR) is 58.4 cm³/mol. The van der Waals surface area contributed by atoms with E-state index >= 15 is 0 Å². The topological polar surface area (TPSA) is 57.5 Å². The Morgan fingerprint density at radius 2 is 2.07 bits per heavy atom. The van der Waals surface area contributed by atoms with Crippen molar-refractivity contribution in [3.63, 3.8) is 0 Å². The van der Waals surface area contributed by atoms with Crippen LogP contribution >= 0.6 is 11.6 Å². The zero-order valence-electron chi connectivity index (χ0n) is 8.62. The van der Waals surface area contributed by atoms with Crippen molar-refractivity contribution in [1.82, 2.24) is 0 Å². The van der Waals surface area contributed by atoms with Crippen LogP contribution in [0.15, 0.2) is 18.2 Å². The number of hydrogen-bond acceptors (Lipinski definition) is 2. The number of hydrogen-bond donors (Lipinski definition) is 2. The third-order valence-corrected chi connectivity index (χ3v) is 2.52. The molecule has 0 bridgehead atoms. The number of rotatable bonds is 3. The molecule has 0 saturated carbocycles. The van der Waals surface area contributed by atoms with Gasteiger partial charge < -0.3 is 10.2 Å². The number of aliphatic carboxylic acids is 1. The molecule has 0 aliphatic rings. The first-order valence-corrected chi connectivity index (χ1v) is 4.91. The van der Waals surface area contributed by atoms with Crippen LogP contribution in [0.3, 0.4) is 0 Å². The van der Waals surface area contributed by atoms with Crippen molar-refractivity contribution in [2.24, 2.45) is 0 Å². The van der Waals surface area contributed by atoms with Gasteiger partial charge in [-0.15, -0.1) is 0 Å². The molecule has 4 heteroatoms. The minimum Gasteiger partial charge on any atom is -0.508 e. The molecule has 15 heavy (non-hydrogen) atoms. The lowest BCUT2D eigenvalue weighted by Gasteiger charge is -2.24. The Kier molecular flexibility index (Phi) is 3.25. The van der Waals surface area contributed by atoms with Gasteiger partial charge in [-0.1, -0.05) is 25.4 Å². The third kappa shape index (κ3) is 2.86. The van der Waals surface area contributed by atoms with Gasteiger partial charge in [-0.25, -0.2) is 0 Å². The minimum atomic E-state index is -0.903. The zero-order chi connectivity index (χ0) is 11.6. The average Bonchev–Trinajstić information content (AvgIpc) is 2.06. The van der Waals surface area contributed by atoms with Crippen molar-refractivity contribution in [2.45, 2.75) is 25.7 Å². The molecule has 0 heterocycles. The molecule has 0 unspecified atom stereocenters. The van der Waals surface area contributed by atoms with Crippen molar-refractivity contribution in [3.05, 3.63) is 28.8 Å². The molecule has 1 aromatic carbocycles. The first-order valence-electron chi connectivity index (χ1n) is 4.54. The number of halogens is 1. The Hall–Kier alpha value is -1.22. The van der Waals surface area contributed by atoms with Crippen LogP contribution in [0.4, 0.5) is 0 Å². The molecule has 3 nitrogen and oxygen atoms in total. The van der Waals surface area contributed by atoms with Gasteiger partial charge in [-0.3, -0.25) is 4.79 Å². The van der Waals surface area contributed by atoms with E-state index in [2.05, 4.69) is 0 Å². The second-order valence-corrected chi connectivity index (χ2v) is 4.55. The summed E-state index contributed by atoms with van der Waals surface area (Å²) in [6.45, 7) is 3.51. The van der Waals surface area contributed by atoms with Gasteiger partial charge >= 0.3 is 5.97 Å². The fraction of sp³-hybridized carbons (Fsp3) is 0.364. The number of benzene rings is 1. The number of phenols is 1. The quantitative estimate of drug-likeness (QED) is 0.837. The molecule has 0 spiro atoms. The van der Waals surface area contributed by atoms with E-state index in [4.69, 9.17) is 16.7 Å². The summed E-state index contributed by atoms with van der Waals surface area (Å²) in [5.74, 6) is -0.829. The maximum Gasteiger partial charge on any atom is 0.304 e. The molecule has 82 valence electrons. The number of carboxylic acids is 1. The van der Waals surface area contributed by atoms with E-state index in [0.29, 0.717) is 10.6 Å². The van der Waals surface area contributed by atoms with Gasteiger partial charge in [0.25, 0.3) is 0 Å². The van der Waals surface area contributed by atoms with Crippen molar-refractivity contribution in [2.75, 3.05) is 0 Å². The molecule has 0 saturated heterocycles. The van der Waals surface area contributed by atoms with E-state index < -0.39 is 11.4 Å². The maximum absolute atomic E-state index is 10.7. The summed E-state index contributed by atoms with van der Waals surface area (Å²) >= 11 is 5.80. The highest BCUT2D eigenvalue weighted by atomic mass is 35.5. The zero-order valence-corrected chi connectivity index (χ0v) is 9.38. The fourth-order valence-electron chi connectivity index (χ4n) is 1.52. The largest absolute Gasteiger partial charge is 0.508 e. The summed E-state index contributed by atoms with van der Waals surface area (Å²) in [6, 6.07) is 4.64. The van der Waals surface area contributed by atoms with Crippen LogP contribution in [0.2, 0.25) is 5.02 Å². The van der Waals surface area contributed by atoms with Crippen molar-refractivity contribution in [3.8, 4) is 5.75 Å². The standard InChI is InChI=1S/C11H13ClO3/c1-11(2,6-10(14)15)8-5-7(12)3-4-9(8)13/h3-5,13H,6H2,1-2H3,(H,14,15). The number of phenolic OH excluding ortho intramolecular Hbond substituents is 1. The average molecular weight is 229 g/mol. The van der Waals surface area contributed by atoms with E-state index in [9.17, 15) is 9.90 Å². The van der Waals surface area contributed by atoms with E-state index in [0.717, 1.165) is 0 Å². The Morgan fingerprint density at radius 1 is 1.47 bits per heavy atom. The van der Waals surface area contributed by atoms with Gasteiger partial charge in [-0.2, -0.15) is 0 Å². The van der Waals surface area contributed by atoms with E-state index in [1.807, 2.05) is 0 Å². The molecule has 0 radical (unpaired) electrons. The lowest BCUT2D eigenvalue weighted by Crippen LogP contribution is -2.21. The van der Waals surface area contributed by atoms with E-state index in [1.165, 1.54) is 6.07 Å². The van der Waals surface area contributed by atoms with E-state index in [-0.39, 0.29) is 12.2 Å². The van der Waals surface area contributed by atoms with Crippen molar-refractivity contribution in [1.29, 1.82) is 0 Å². The Balaban J connectivity index is 3.13. The third-order valence-electron chi connectivity index (χ3n) is 2.28. The van der Waals surface area contributed by atoms with Crippen molar-refractivity contribution >= 4 is 17.6 Å². The molecule has 0 aliphatic carbocycles. The molecule has 1 aromatic rings. The van der Waals surface area contributed by atoms with Crippen LogP contribution in [-0.2, 0) is 10.2 Å². The summed E-state index contributed by atoms with van der Waals surface area (Å²) in [4.78, 5) is 10.7. The van der Waals surface area contributed by atoms with Gasteiger partial charge in [0.05, 0.1) is 6.42 Å². The molecule has 0 fully saturated rings. The van der Waals surface area contributed by atoms with E-state index in [1.54, 1.807) is 26.0 Å². The van der Waals surface area contributed by atoms with Crippen LogP contribution in [-0.4, -0.2) is 16.2 Å². The summed E-state index contributed by atoms with van der Waals surface area (Å²) in [5, 5.41) is 18.9. The molecular formula is C11H13ClO3. The highest BCUT2D eigenvalue weighted by Crippen LogP contribution is 2.35. The van der Waals surface area contributed by atoms with Gasteiger partial charge in [0.15, 0.2) is 0 Å². The SMILES string of the molecule is CC(C)(CC(=O)O)c1cc(Cl)ccc1O. The molecule has 2 N–H and O–H groups in total. The predicted octanol–water partition coefficient (Wildman–Crippen LogP) is 2.80. The molecular weight excluding hydrogens is 216 g/mol. The van der Waals surface area contributed by atoms with Gasteiger partial charge in [0.1, 0.15) is 5.75 Å². The molecule has 0 amide bonds. The summed E-state index contributed by atoms with van der Waals surface area (Å²) in [6.07, 6.45) is -0.0547. The number of carbonyl (C=O) groups is 1. The highest BCUT2D eigenvalue weighted by Gasteiger charge is 2.27. The van der Waals surface area contributed by atoms with Crippen LogP contribution in [0.1, 0.15) is 25.8 Å². The number of carboxylic acid groups (broad SMARTS) is 1. The van der Waals surface area contributed by atoms with Gasteiger partial charge in [0, 0.05) is 16.0 Å². The van der Waals surface area contributed by atoms with Crippen LogP contribution in [0.5, 0.6) is 5.75 Å². The Morgan fingerprint density at radius 3 is 2.60 bits per heavy atom. The molecule has 0 aliphatic heterocycles. The molecule has 1 rings (SSSR count). The first-order chi connectivity index (χ1) is 6.83. The Bertz CT molecular complexity index is 385. The minimum absolute atomic E-state index is 0.0547. The maximum atomic E-state index is 10.7. The van der Waals surface area contributed by atoms with Gasteiger partial charge in [0.2, 0.25) is 0 Å². The van der Waals surface area contributed by atoms with Crippen LogP contribution in [0, 0.1) is 0 Å². The van der Waals surface area contributed by atoms with Crippen LogP contribution < -0.4 is 0 Å². The smallest absolute Gasteiger partial charge is 0.304 e. The second-order valence-electron chi connectivity index (χ2n) is 4.12. The molecule has 0 aromatic heterocycles. The summed E-state index contributed by atoms with van der Waals surface area (Å²) < 4.78 is 0. The first kappa shape index (κ1) is 11.9. The Labute approximate surface area is 93.3 Å². The van der Waals surface area contributed by atoms with Gasteiger partial charge in [-0.05, 0) is 18.2 Å². The monoisotopic (exact) mass is 228 g/mol. The highest BCUT2D eigenvalue weighted by molar-refractivity contribution is 6.30. The lowest BCUT2D eigenvalue weighted by molar-refractivity contribution is -0.138. The molecule has 0 atom stereocenters. The fourth-order valence-corrected chi connectivity index (χ4v) is 1.70. The number of aromatic hydroxyl groups is 1. The lowest BCUT2D eigenvalue weighted by atomic mass is 9.81. The summed E-state index contributed by atoms with van der Waals surface area (Å²) in [5.41, 5.74) is -0.0849. The second kappa shape index (κ2) is 4.11. The normalized spacial score (nSPS) is 11.4. The summed E-state index contributed by atoms with van der Waals surface area (Å²) in [7, 11) is 0. The van der Waals surface area contributed by atoms with Crippen molar-refractivity contribution < 1.29 is 15.0 Å². The van der Waals surface area contributed by atoms with Crippen LogP contribution in [0.25, 0.3) is 0 Å².